The molecular formula is C14H16F3N3O. The first-order valence-electron chi connectivity index (χ1n) is 6.53. The molecule has 1 saturated heterocycles. The van der Waals surface area contributed by atoms with Gasteiger partial charge in [0, 0.05) is 19.3 Å². The summed E-state index contributed by atoms with van der Waals surface area (Å²) in [7, 11) is 0. The van der Waals surface area contributed by atoms with Crippen LogP contribution in [0.5, 0.6) is 0 Å². The standard InChI is InChI=1S/C14H16F3N3O/c15-14(16,17)13(21)19-8-10-4-3-7-20(9-10)12-6-2-1-5-11(12)18/h1-2,5-6,8H,3-4,7,9,18H2,(H,19,21)/b10-8+. The second-order valence-electron chi connectivity index (χ2n) is 4.86. The van der Waals surface area contributed by atoms with E-state index in [2.05, 4.69) is 0 Å². The summed E-state index contributed by atoms with van der Waals surface area (Å²) in [5.41, 5.74) is 8.11. The second-order valence-corrected chi connectivity index (χ2v) is 4.86. The number of hydrogen-bond donors (Lipinski definition) is 2. The minimum absolute atomic E-state index is 0.451. The smallest absolute Gasteiger partial charge is 0.397 e. The van der Waals surface area contributed by atoms with Crippen molar-refractivity contribution in [2.75, 3.05) is 23.7 Å². The topological polar surface area (TPSA) is 58.4 Å². The van der Waals surface area contributed by atoms with E-state index in [0.29, 0.717) is 18.7 Å². The van der Waals surface area contributed by atoms with Gasteiger partial charge in [-0.05, 0) is 30.5 Å². The van der Waals surface area contributed by atoms with Gasteiger partial charge in [0.2, 0.25) is 0 Å². The quantitative estimate of drug-likeness (QED) is 0.825. The van der Waals surface area contributed by atoms with Crippen LogP contribution in [0, 0.1) is 0 Å². The van der Waals surface area contributed by atoms with Gasteiger partial charge in [-0.2, -0.15) is 13.2 Å². The number of nitrogen functional groups attached to an aromatic ring is 1. The van der Waals surface area contributed by atoms with E-state index < -0.39 is 12.1 Å². The van der Waals surface area contributed by atoms with Crippen LogP contribution in [0.2, 0.25) is 0 Å². The summed E-state index contributed by atoms with van der Waals surface area (Å²) in [6, 6.07) is 7.32. The Bertz CT molecular complexity index is 555. The van der Waals surface area contributed by atoms with Crippen molar-refractivity contribution in [2.24, 2.45) is 0 Å². The van der Waals surface area contributed by atoms with Crippen molar-refractivity contribution < 1.29 is 18.0 Å². The van der Waals surface area contributed by atoms with E-state index in [1.165, 1.54) is 0 Å². The third-order valence-electron chi connectivity index (χ3n) is 3.26. The summed E-state index contributed by atoms with van der Waals surface area (Å²) >= 11 is 0. The number of amides is 1. The van der Waals surface area contributed by atoms with Crippen molar-refractivity contribution in [1.82, 2.24) is 5.32 Å². The van der Waals surface area contributed by atoms with Crippen LogP contribution in [0.1, 0.15) is 12.8 Å². The average molecular weight is 299 g/mol. The molecule has 1 fully saturated rings. The highest BCUT2D eigenvalue weighted by molar-refractivity contribution is 5.82. The summed E-state index contributed by atoms with van der Waals surface area (Å²) < 4.78 is 36.4. The number of carbonyl (C=O) groups is 1. The Labute approximate surface area is 120 Å². The molecule has 1 heterocycles. The summed E-state index contributed by atoms with van der Waals surface area (Å²) in [5, 5.41) is 1.80. The lowest BCUT2D eigenvalue weighted by molar-refractivity contribution is -0.172. The maximum Gasteiger partial charge on any atom is 0.471 e. The number of benzene rings is 1. The molecule has 1 aliphatic rings. The zero-order valence-electron chi connectivity index (χ0n) is 11.3. The van der Waals surface area contributed by atoms with Gasteiger partial charge in [0.15, 0.2) is 0 Å². The lowest BCUT2D eigenvalue weighted by Gasteiger charge is -2.31. The van der Waals surface area contributed by atoms with Gasteiger partial charge in [0.05, 0.1) is 11.4 Å². The molecule has 0 radical (unpaired) electrons. The minimum atomic E-state index is -4.87. The Morgan fingerprint density at radius 2 is 2.05 bits per heavy atom. The molecule has 0 spiro atoms. The largest absolute Gasteiger partial charge is 0.471 e. The zero-order valence-corrected chi connectivity index (χ0v) is 11.3. The zero-order chi connectivity index (χ0) is 15.5. The molecule has 1 aromatic rings. The van der Waals surface area contributed by atoms with Crippen molar-refractivity contribution in [1.29, 1.82) is 0 Å². The van der Waals surface area contributed by atoms with Crippen LogP contribution in [0.3, 0.4) is 0 Å². The summed E-state index contributed by atoms with van der Waals surface area (Å²) in [6.07, 6.45) is -2.26. The summed E-state index contributed by atoms with van der Waals surface area (Å²) in [6.45, 7) is 1.23. The lowest BCUT2D eigenvalue weighted by atomic mass is 10.0. The fourth-order valence-corrected chi connectivity index (χ4v) is 2.25. The number of nitrogens with two attached hydrogens (primary N) is 1. The van der Waals surface area contributed by atoms with Gasteiger partial charge in [-0.25, -0.2) is 0 Å². The average Bonchev–Trinajstić information content (AvgIpc) is 2.44. The molecule has 4 nitrogen and oxygen atoms in total. The van der Waals surface area contributed by atoms with Crippen LogP contribution in [-0.4, -0.2) is 25.2 Å². The highest BCUT2D eigenvalue weighted by Crippen LogP contribution is 2.27. The monoisotopic (exact) mass is 299 g/mol. The van der Waals surface area contributed by atoms with Crippen molar-refractivity contribution in [3.63, 3.8) is 0 Å². The molecule has 1 aliphatic heterocycles. The third kappa shape index (κ3) is 3.90. The van der Waals surface area contributed by atoms with Gasteiger partial charge in [-0.3, -0.25) is 4.79 Å². The molecule has 1 aromatic carbocycles. The fourth-order valence-electron chi connectivity index (χ4n) is 2.25. The number of halogens is 3. The number of anilines is 2. The van der Waals surface area contributed by atoms with Crippen molar-refractivity contribution >= 4 is 17.3 Å². The first kappa shape index (κ1) is 15.2. The van der Waals surface area contributed by atoms with E-state index in [9.17, 15) is 18.0 Å². The number of alkyl halides is 3. The van der Waals surface area contributed by atoms with E-state index >= 15 is 0 Å². The Kier molecular flexibility index (Phi) is 4.40. The SMILES string of the molecule is Nc1ccccc1N1CCC/C(=C\NC(=O)C(F)(F)F)C1. The number of piperidine rings is 1. The van der Waals surface area contributed by atoms with Gasteiger partial charge >= 0.3 is 12.1 Å². The molecule has 114 valence electrons. The maximum atomic E-state index is 12.1. The van der Waals surface area contributed by atoms with Crippen LogP contribution >= 0.6 is 0 Å². The number of nitrogens with zero attached hydrogens (tertiary/aromatic N) is 1. The minimum Gasteiger partial charge on any atom is -0.397 e. The first-order chi connectivity index (χ1) is 9.88. The molecule has 0 atom stereocenters. The van der Waals surface area contributed by atoms with Crippen LogP contribution in [0.15, 0.2) is 36.0 Å². The Hall–Kier alpha value is -2.18. The molecular weight excluding hydrogens is 283 g/mol. The number of nitrogens with one attached hydrogen (secondary N) is 1. The lowest BCUT2D eigenvalue weighted by Crippen LogP contribution is -2.36. The highest BCUT2D eigenvalue weighted by Gasteiger charge is 2.38. The third-order valence-corrected chi connectivity index (χ3v) is 3.26. The number of hydrogen-bond acceptors (Lipinski definition) is 3. The van der Waals surface area contributed by atoms with E-state index in [1.807, 2.05) is 23.1 Å². The van der Waals surface area contributed by atoms with Crippen LogP contribution in [-0.2, 0) is 4.79 Å². The molecule has 0 bridgehead atoms. The van der Waals surface area contributed by atoms with Gasteiger partial charge in [0.1, 0.15) is 0 Å². The normalized spacial score (nSPS) is 17.9. The molecule has 2 rings (SSSR count). The van der Waals surface area contributed by atoms with Gasteiger partial charge < -0.3 is 16.0 Å². The van der Waals surface area contributed by atoms with Crippen LogP contribution in [0.4, 0.5) is 24.5 Å². The van der Waals surface area contributed by atoms with Crippen LogP contribution in [0.25, 0.3) is 0 Å². The second kappa shape index (κ2) is 6.07. The molecule has 21 heavy (non-hydrogen) atoms. The predicted molar refractivity (Wildman–Crippen MR) is 74.6 cm³/mol. The van der Waals surface area contributed by atoms with E-state index in [0.717, 1.165) is 30.4 Å². The van der Waals surface area contributed by atoms with Gasteiger partial charge in [-0.1, -0.05) is 12.1 Å². The first-order valence-corrected chi connectivity index (χ1v) is 6.53. The molecule has 0 unspecified atom stereocenters. The molecule has 0 saturated carbocycles. The van der Waals surface area contributed by atoms with Crippen molar-refractivity contribution in [2.45, 2.75) is 19.0 Å². The highest BCUT2D eigenvalue weighted by atomic mass is 19.4. The van der Waals surface area contributed by atoms with Crippen LogP contribution < -0.4 is 16.0 Å². The molecule has 7 heteroatoms. The van der Waals surface area contributed by atoms with Gasteiger partial charge in [-0.15, -0.1) is 0 Å². The fraction of sp³-hybridized carbons (Fsp3) is 0.357. The summed E-state index contributed by atoms with van der Waals surface area (Å²) in [5.74, 6) is -1.95. The number of para-hydroxylation sites is 2. The Balaban J connectivity index is 2.04. The molecule has 0 aromatic heterocycles. The molecule has 1 amide bonds. The van der Waals surface area contributed by atoms with Crippen molar-refractivity contribution in [3.05, 3.63) is 36.0 Å². The van der Waals surface area contributed by atoms with Crippen molar-refractivity contribution in [3.8, 4) is 0 Å². The van der Waals surface area contributed by atoms with E-state index in [4.69, 9.17) is 5.73 Å². The maximum absolute atomic E-state index is 12.1. The van der Waals surface area contributed by atoms with E-state index in [1.54, 1.807) is 11.4 Å². The van der Waals surface area contributed by atoms with E-state index in [-0.39, 0.29) is 0 Å². The number of carbonyl (C=O) groups excluding carboxylic acids is 1. The molecule has 3 N–H and O–H groups in total. The predicted octanol–water partition coefficient (Wildman–Crippen LogP) is 2.43. The Morgan fingerprint density at radius 3 is 2.71 bits per heavy atom. The number of rotatable bonds is 2. The Morgan fingerprint density at radius 1 is 1.33 bits per heavy atom. The molecule has 0 aliphatic carbocycles. The summed E-state index contributed by atoms with van der Waals surface area (Å²) in [4.78, 5) is 12.8. The van der Waals surface area contributed by atoms with Gasteiger partial charge in [0.25, 0.3) is 0 Å².